The van der Waals surface area contributed by atoms with E-state index in [4.69, 9.17) is 4.42 Å². The fraction of sp³-hybridized carbons (Fsp3) is 0.125. The number of nitrogens with one attached hydrogen (secondary N) is 1. The quantitative estimate of drug-likeness (QED) is 0.765. The molecule has 1 aromatic heterocycles. The van der Waals surface area contributed by atoms with Gasteiger partial charge in [0.15, 0.2) is 0 Å². The molecule has 0 unspecified atom stereocenters. The van der Waals surface area contributed by atoms with Crippen molar-refractivity contribution in [2.45, 2.75) is 13.1 Å². The lowest BCUT2D eigenvalue weighted by Crippen LogP contribution is -2.12. The minimum atomic E-state index is 0.541. The molecule has 0 aliphatic rings. The van der Waals surface area contributed by atoms with Crippen LogP contribution in [-0.4, -0.2) is 10.2 Å². The molecular weight excluding hydrogens is 330 g/mol. The summed E-state index contributed by atoms with van der Waals surface area (Å²) in [5.74, 6) is 1.13. The van der Waals surface area contributed by atoms with E-state index in [1.165, 1.54) is 5.56 Å². The molecule has 3 aromatic rings. The van der Waals surface area contributed by atoms with Gasteiger partial charge in [-0.25, -0.2) is 0 Å². The number of rotatable bonds is 5. The largest absolute Gasteiger partial charge is 0.419 e. The Morgan fingerprint density at radius 1 is 0.905 bits per heavy atom. The molecular formula is C16H14BrN3O. The van der Waals surface area contributed by atoms with Gasteiger partial charge in [-0.2, -0.15) is 0 Å². The maximum Gasteiger partial charge on any atom is 0.247 e. The molecule has 0 bridgehead atoms. The summed E-state index contributed by atoms with van der Waals surface area (Å²) in [4.78, 5) is 0. The van der Waals surface area contributed by atoms with Crippen molar-refractivity contribution in [1.29, 1.82) is 0 Å². The lowest BCUT2D eigenvalue weighted by molar-refractivity contribution is 0.477. The minimum Gasteiger partial charge on any atom is -0.419 e. The Morgan fingerprint density at radius 3 is 2.43 bits per heavy atom. The molecule has 0 saturated carbocycles. The van der Waals surface area contributed by atoms with Gasteiger partial charge in [-0.05, 0) is 29.8 Å². The monoisotopic (exact) mass is 343 g/mol. The zero-order chi connectivity index (χ0) is 14.5. The molecule has 1 heterocycles. The van der Waals surface area contributed by atoms with Crippen LogP contribution in [0, 0.1) is 0 Å². The standard InChI is InChI=1S/C16H14BrN3O/c17-14-8-6-13(7-9-14)16-20-19-15(21-16)11-18-10-12-4-2-1-3-5-12/h1-9,18H,10-11H2. The van der Waals surface area contributed by atoms with Crippen LogP contribution in [0.15, 0.2) is 63.5 Å². The fourth-order valence-electron chi connectivity index (χ4n) is 1.94. The number of hydrogen-bond acceptors (Lipinski definition) is 4. The van der Waals surface area contributed by atoms with Crippen molar-refractivity contribution in [2.24, 2.45) is 0 Å². The van der Waals surface area contributed by atoms with Gasteiger partial charge < -0.3 is 9.73 Å². The molecule has 0 spiro atoms. The Balaban J connectivity index is 1.59. The molecule has 21 heavy (non-hydrogen) atoms. The Kier molecular flexibility index (Phi) is 4.43. The van der Waals surface area contributed by atoms with Crippen LogP contribution in [0.4, 0.5) is 0 Å². The van der Waals surface area contributed by atoms with E-state index in [9.17, 15) is 0 Å². The smallest absolute Gasteiger partial charge is 0.247 e. The average Bonchev–Trinajstić information content (AvgIpc) is 2.98. The van der Waals surface area contributed by atoms with Gasteiger partial charge in [0.2, 0.25) is 11.8 Å². The normalized spacial score (nSPS) is 10.7. The Bertz CT molecular complexity index is 695. The molecule has 1 N–H and O–H groups in total. The molecule has 0 saturated heterocycles. The minimum absolute atomic E-state index is 0.541. The van der Waals surface area contributed by atoms with Crippen LogP contribution in [0.25, 0.3) is 11.5 Å². The van der Waals surface area contributed by atoms with Gasteiger partial charge >= 0.3 is 0 Å². The first-order chi connectivity index (χ1) is 10.3. The maximum atomic E-state index is 5.65. The topological polar surface area (TPSA) is 51.0 Å². The van der Waals surface area contributed by atoms with Crippen LogP contribution < -0.4 is 5.32 Å². The molecule has 2 aromatic carbocycles. The molecule has 0 aliphatic carbocycles. The predicted octanol–water partition coefficient (Wildman–Crippen LogP) is 3.79. The van der Waals surface area contributed by atoms with Crippen LogP contribution in [-0.2, 0) is 13.1 Å². The summed E-state index contributed by atoms with van der Waals surface area (Å²) >= 11 is 3.40. The van der Waals surface area contributed by atoms with Crippen molar-refractivity contribution in [3.05, 3.63) is 70.5 Å². The molecule has 106 valence electrons. The summed E-state index contributed by atoms with van der Waals surface area (Å²) in [6.45, 7) is 1.33. The van der Waals surface area contributed by atoms with Gasteiger partial charge in [-0.3, -0.25) is 0 Å². The molecule has 5 heteroatoms. The second-order valence-electron chi connectivity index (χ2n) is 4.60. The summed E-state index contributed by atoms with van der Waals surface area (Å²) in [7, 11) is 0. The molecule has 0 radical (unpaired) electrons. The lowest BCUT2D eigenvalue weighted by atomic mass is 10.2. The molecule has 0 fully saturated rings. The van der Waals surface area contributed by atoms with Crippen LogP contribution in [0.5, 0.6) is 0 Å². The second-order valence-corrected chi connectivity index (χ2v) is 5.51. The SMILES string of the molecule is Brc1ccc(-c2nnc(CNCc3ccccc3)o2)cc1. The zero-order valence-electron chi connectivity index (χ0n) is 11.3. The highest BCUT2D eigenvalue weighted by Gasteiger charge is 2.07. The highest BCUT2D eigenvalue weighted by Crippen LogP contribution is 2.20. The second kappa shape index (κ2) is 6.65. The van der Waals surface area contributed by atoms with E-state index in [-0.39, 0.29) is 0 Å². The lowest BCUT2D eigenvalue weighted by Gasteiger charge is -2.01. The number of nitrogens with zero attached hydrogens (tertiary/aromatic N) is 2. The number of halogens is 1. The first-order valence-electron chi connectivity index (χ1n) is 6.64. The van der Waals surface area contributed by atoms with E-state index in [1.807, 2.05) is 42.5 Å². The summed E-state index contributed by atoms with van der Waals surface area (Å²) in [5, 5.41) is 11.4. The third-order valence-electron chi connectivity index (χ3n) is 3.01. The van der Waals surface area contributed by atoms with E-state index < -0.39 is 0 Å². The van der Waals surface area contributed by atoms with Crippen LogP contribution in [0.1, 0.15) is 11.5 Å². The Hall–Kier alpha value is -1.98. The Labute approximate surface area is 131 Å². The van der Waals surface area contributed by atoms with Gasteiger partial charge in [0, 0.05) is 16.6 Å². The first kappa shape index (κ1) is 14.0. The van der Waals surface area contributed by atoms with Crippen molar-refractivity contribution in [3.8, 4) is 11.5 Å². The Morgan fingerprint density at radius 2 is 1.67 bits per heavy atom. The van der Waals surface area contributed by atoms with Crippen molar-refractivity contribution >= 4 is 15.9 Å². The molecule has 0 amide bonds. The molecule has 4 nitrogen and oxygen atoms in total. The van der Waals surface area contributed by atoms with Crippen LogP contribution in [0.3, 0.4) is 0 Å². The first-order valence-corrected chi connectivity index (χ1v) is 7.43. The number of benzene rings is 2. The predicted molar refractivity (Wildman–Crippen MR) is 84.4 cm³/mol. The summed E-state index contributed by atoms with van der Waals surface area (Å²) in [5.41, 5.74) is 2.14. The van der Waals surface area contributed by atoms with E-state index in [1.54, 1.807) is 0 Å². The summed E-state index contributed by atoms with van der Waals surface area (Å²) < 4.78 is 6.67. The van der Waals surface area contributed by atoms with Crippen LogP contribution >= 0.6 is 15.9 Å². The number of aromatic nitrogens is 2. The van der Waals surface area contributed by atoms with E-state index >= 15 is 0 Å². The fourth-order valence-corrected chi connectivity index (χ4v) is 2.21. The van der Waals surface area contributed by atoms with Gasteiger partial charge in [-0.15, -0.1) is 10.2 Å². The van der Waals surface area contributed by atoms with Gasteiger partial charge in [0.1, 0.15) is 0 Å². The third kappa shape index (κ3) is 3.77. The molecule has 0 aliphatic heterocycles. The van der Waals surface area contributed by atoms with Gasteiger partial charge in [0.05, 0.1) is 6.54 Å². The maximum absolute atomic E-state index is 5.65. The van der Waals surface area contributed by atoms with Crippen molar-refractivity contribution in [1.82, 2.24) is 15.5 Å². The summed E-state index contributed by atoms with van der Waals surface area (Å²) in [6, 6.07) is 18.0. The van der Waals surface area contributed by atoms with E-state index in [2.05, 4.69) is 43.6 Å². The van der Waals surface area contributed by atoms with E-state index in [0.717, 1.165) is 16.6 Å². The zero-order valence-corrected chi connectivity index (χ0v) is 12.9. The van der Waals surface area contributed by atoms with Crippen LogP contribution in [0.2, 0.25) is 0 Å². The van der Waals surface area contributed by atoms with Crippen molar-refractivity contribution in [2.75, 3.05) is 0 Å². The van der Waals surface area contributed by atoms with Crippen molar-refractivity contribution < 1.29 is 4.42 Å². The molecule has 3 rings (SSSR count). The third-order valence-corrected chi connectivity index (χ3v) is 3.53. The van der Waals surface area contributed by atoms with Gasteiger partial charge in [-0.1, -0.05) is 46.3 Å². The number of hydrogen-bond donors (Lipinski definition) is 1. The summed E-state index contributed by atoms with van der Waals surface area (Å²) in [6.07, 6.45) is 0. The highest BCUT2D eigenvalue weighted by molar-refractivity contribution is 9.10. The average molecular weight is 344 g/mol. The van der Waals surface area contributed by atoms with Crippen molar-refractivity contribution in [3.63, 3.8) is 0 Å². The molecule has 0 atom stereocenters. The highest BCUT2D eigenvalue weighted by atomic mass is 79.9. The van der Waals surface area contributed by atoms with E-state index in [0.29, 0.717) is 18.3 Å². The van der Waals surface area contributed by atoms with Gasteiger partial charge in [0.25, 0.3) is 0 Å².